The van der Waals surface area contributed by atoms with Gasteiger partial charge in [-0.05, 0) is 38.2 Å². The fourth-order valence-corrected chi connectivity index (χ4v) is 3.12. The first-order valence-electron chi connectivity index (χ1n) is 10.8. The molecule has 1 saturated heterocycles. The van der Waals surface area contributed by atoms with Gasteiger partial charge in [0, 0.05) is 45.9 Å². The lowest BCUT2D eigenvalue weighted by atomic mass is 10.2. The Bertz CT molecular complexity index is 519. The first kappa shape index (κ1) is 22.7. The van der Waals surface area contributed by atoms with Crippen molar-refractivity contribution in [3.63, 3.8) is 0 Å². The van der Waals surface area contributed by atoms with Crippen molar-refractivity contribution in [3.8, 4) is 0 Å². The zero-order valence-corrected chi connectivity index (χ0v) is 17.5. The van der Waals surface area contributed by atoms with Crippen LogP contribution < -0.4 is 10.6 Å². The molecule has 6 heteroatoms. The lowest BCUT2D eigenvalue weighted by Gasteiger charge is -2.26. The predicted octanol–water partition coefficient (Wildman–Crippen LogP) is 2.30. The molecule has 0 aliphatic carbocycles. The summed E-state index contributed by atoms with van der Waals surface area (Å²) >= 11 is 0. The maximum absolute atomic E-state index is 5.74. The summed E-state index contributed by atoms with van der Waals surface area (Å²) in [7, 11) is 0. The molecule has 0 spiro atoms. The minimum Gasteiger partial charge on any atom is -0.381 e. The Balaban J connectivity index is 1.47. The Morgan fingerprint density at radius 1 is 1.07 bits per heavy atom. The largest absolute Gasteiger partial charge is 0.381 e. The van der Waals surface area contributed by atoms with E-state index in [0.29, 0.717) is 0 Å². The van der Waals surface area contributed by atoms with E-state index in [4.69, 9.17) is 9.47 Å². The van der Waals surface area contributed by atoms with Gasteiger partial charge in [-0.2, -0.15) is 0 Å². The van der Waals surface area contributed by atoms with Gasteiger partial charge in [-0.3, -0.25) is 9.89 Å². The van der Waals surface area contributed by atoms with Crippen molar-refractivity contribution in [1.82, 2.24) is 15.5 Å². The molecule has 0 aromatic heterocycles. The van der Waals surface area contributed by atoms with E-state index in [1.807, 2.05) is 6.07 Å². The van der Waals surface area contributed by atoms with E-state index in [2.05, 4.69) is 51.7 Å². The first-order chi connectivity index (χ1) is 13.9. The minimum absolute atomic E-state index is 0.796. The number of morpholine rings is 1. The van der Waals surface area contributed by atoms with Crippen molar-refractivity contribution in [2.45, 2.75) is 32.6 Å². The SMILES string of the molecule is CCNC(=NCCCN1CCOCC1)NCCCCOCCc1ccccc1. The van der Waals surface area contributed by atoms with Crippen molar-refractivity contribution < 1.29 is 9.47 Å². The van der Waals surface area contributed by atoms with E-state index in [1.54, 1.807) is 0 Å². The predicted molar refractivity (Wildman–Crippen MR) is 116 cm³/mol. The van der Waals surface area contributed by atoms with Crippen LogP contribution in [0.5, 0.6) is 0 Å². The summed E-state index contributed by atoms with van der Waals surface area (Å²) in [6.45, 7) is 11.3. The molecule has 2 N–H and O–H groups in total. The van der Waals surface area contributed by atoms with Crippen LogP contribution in [0.15, 0.2) is 35.3 Å². The number of nitrogens with zero attached hydrogens (tertiary/aromatic N) is 2. The van der Waals surface area contributed by atoms with Gasteiger partial charge in [0.2, 0.25) is 0 Å². The normalized spacial score (nSPS) is 15.5. The van der Waals surface area contributed by atoms with E-state index in [-0.39, 0.29) is 0 Å². The van der Waals surface area contributed by atoms with Gasteiger partial charge in [0.1, 0.15) is 0 Å². The van der Waals surface area contributed by atoms with Crippen molar-refractivity contribution in [3.05, 3.63) is 35.9 Å². The number of guanidine groups is 1. The molecule has 6 nitrogen and oxygen atoms in total. The molecule has 0 saturated carbocycles. The molecule has 28 heavy (non-hydrogen) atoms. The monoisotopic (exact) mass is 390 g/mol. The summed E-state index contributed by atoms with van der Waals surface area (Å²) in [5.41, 5.74) is 1.34. The number of nitrogens with one attached hydrogen (secondary N) is 2. The highest BCUT2D eigenvalue weighted by molar-refractivity contribution is 5.79. The summed E-state index contributed by atoms with van der Waals surface area (Å²) in [5, 5.41) is 6.75. The average molecular weight is 391 g/mol. The zero-order valence-electron chi connectivity index (χ0n) is 17.5. The van der Waals surface area contributed by atoms with E-state index in [0.717, 1.165) is 97.3 Å². The molecule has 1 heterocycles. The van der Waals surface area contributed by atoms with E-state index in [1.165, 1.54) is 5.56 Å². The smallest absolute Gasteiger partial charge is 0.191 e. The molecule has 1 aromatic rings. The molecule has 1 aliphatic rings. The molecule has 1 aliphatic heterocycles. The Morgan fingerprint density at radius 2 is 1.89 bits per heavy atom. The Labute approximate surface area is 170 Å². The minimum atomic E-state index is 0.796. The maximum atomic E-state index is 5.74. The van der Waals surface area contributed by atoms with E-state index >= 15 is 0 Å². The topological polar surface area (TPSA) is 58.1 Å². The van der Waals surface area contributed by atoms with Gasteiger partial charge in [-0.25, -0.2) is 0 Å². The number of hydrogen-bond acceptors (Lipinski definition) is 4. The van der Waals surface area contributed by atoms with Crippen LogP contribution in [0, 0.1) is 0 Å². The highest BCUT2D eigenvalue weighted by Crippen LogP contribution is 2.00. The van der Waals surface area contributed by atoms with Crippen LogP contribution in [-0.2, 0) is 15.9 Å². The molecule has 1 aromatic carbocycles. The van der Waals surface area contributed by atoms with Crippen LogP contribution in [0.4, 0.5) is 0 Å². The van der Waals surface area contributed by atoms with Crippen LogP contribution in [-0.4, -0.2) is 76.6 Å². The molecule has 0 atom stereocenters. The number of unbranched alkanes of at least 4 members (excludes halogenated alkanes) is 1. The summed E-state index contributed by atoms with van der Waals surface area (Å²) in [6.07, 6.45) is 4.23. The van der Waals surface area contributed by atoms with Gasteiger partial charge >= 0.3 is 0 Å². The van der Waals surface area contributed by atoms with Crippen LogP contribution in [0.25, 0.3) is 0 Å². The van der Waals surface area contributed by atoms with Gasteiger partial charge in [-0.1, -0.05) is 30.3 Å². The second kappa shape index (κ2) is 15.3. The average Bonchev–Trinajstić information content (AvgIpc) is 2.74. The molecule has 0 amide bonds. The molecule has 2 rings (SSSR count). The van der Waals surface area contributed by atoms with Crippen LogP contribution >= 0.6 is 0 Å². The third-order valence-electron chi connectivity index (χ3n) is 4.74. The van der Waals surface area contributed by atoms with Crippen LogP contribution in [0.3, 0.4) is 0 Å². The van der Waals surface area contributed by atoms with Crippen molar-refractivity contribution in [2.75, 3.05) is 65.7 Å². The second-order valence-corrected chi connectivity index (χ2v) is 7.05. The Hall–Kier alpha value is -1.63. The van der Waals surface area contributed by atoms with Gasteiger partial charge in [0.15, 0.2) is 5.96 Å². The lowest BCUT2D eigenvalue weighted by molar-refractivity contribution is 0.0377. The van der Waals surface area contributed by atoms with Gasteiger partial charge in [-0.15, -0.1) is 0 Å². The standard InChI is InChI=1S/C22H38N4O2/c1-2-23-22(25-13-8-14-26-15-19-28-20-16-26)24-12-6-7-17-27-18-11-21-9-4-3-5-10-21/h3-5,9-10H,2,6-8,11-20H2,1H3,(H2,23,24,25). The number of aliphatic imine (C=N–C) groups is 1. The van der Waals surface area contributed by atoms with Gasteiger partial charge < -0.3 is 20.1 Å². The molecular formula is C22H38N4O2. The fourth-order valence-electron chi connectivity index (χ4n) is 3.12. The molecule has 0 unspecified atom stereocenters. The highest BCUT2D eigenvalue weighted by Gasteiger charge is 2.08. The number of hydrogen-bond donors (Lipinski definition) is 2. The Morgan fingerprint density at radius 3 is 2.68 bits per heavy atom. The van der Waals surface area contributed by atoms with E-state index < -0.39 is 0 Å². The summed E-state index contributed by atoms with van der Waals surface area (Å²) in [6, 6.07) is 10.5. The number of benzene rings is 1. The summed E-state index contributed by atoms with van der Waals surface area (Å²) in [4.78, 5) is 7.14. The fraction of sp³-hybridized carbons (Fsp3) is 0.682. The van der Waals surface area contributed by atoms with Crippen molar-refractivity contribution >= 4 is 5.96 Å². The first-order valence-corrected chi connectivity index (χ1v) is 10.8. The second-order valence-electron chi connectivity index (χ2n) is 7.05. The number of ether oxygens (including phenoxy) is 2. The maximum Gasteiger partial charge on any atom is 0.191 e. The quantitative estimate of drug-likeness (QED) is 0.307. The molecule has 0 bridgehead atoms. The van der Waals surface area contributed by atoms with Crippen LogP contribution in [0.1, 0.15) is 31.7 Å². The molecular weight excluding hydrogens is 352 g/mol. The van der Waals surface area contributed by atoms with Gasteiger partial charge in [0.25, 0.3) is 0 Å². The van der Waals surface area contributed by atoms with Crippen molar-refractivity contribution in [2.24, 2.45) is 4.99 Å². The molecule has 158 valence electrons. The lowest BCUT2D eigenvalue weighted by Crippen LogP contribution is -2.38. The third-order valence-corrected chi connectivity index (χ3v) is 4.74. The zero-order chi connectivity index (χ0) is 19.7. The van der Waals surface area contributed by atoms with E-state index in [9.17, 15) is 0 Å². The highest BCUT2D eigenvalue weighted by atomic mass is 16.5. The van der Waals surface area contributed by atoms with Gasteiger partial charge in [0.05, 0.1) is 19.8 Å². The third kappa shape index (κ3) is 10.6. The van der Waals surface area contributed by atoms with Crippen molar-refractivity contribution in [1.29, 1.82) is 0 Å². The molecule has 1 fully saturated rings. The number of rotatable bonds is 13. The Kier molecular flexibility index (Phi) is 12.4. The summed E-state index contributed by atoms with van der Waals surface area (Å²) < 4.78 is 11.1. The van der Waals surface area contributed by atoms with Crippen LogP contribution in [0.2, 0.25) is 0 Å². The summed E-state index contributed by atoms with van der Waals surface area (Å²) in [5.74, 6) is 0.925. The molecule has 0 radical (unpaired) electrons.